The average Bonchev–Trinajstić information content (AvgIpc) is 2.65. The molecule has 2 N–H and O–H groups in total. The van der Waals surface area contributed by atoms with Crippen LogP contribution in [0.3, 0.4) is 0 Å². The molecule has 0 radical (unpaired) electrons. The minimum Gasteiger partial charge on any atom is -0.478 e. The third-order valence-corrected chi connectivity index (χ3v) is 5.07. The van der Waals surface area contributed by atoms with Crippen molar-refractivity contribution in [3.8, 4) is 0 Å². The van der Waals surface area contributed by atoms with Gasteiger partial charge in [0.05, 0.1) is 12.2 Å². The molecule has 0 saturated heterocycles. The zero-order chi connectivity index (χ0) is 20.0. The largest absolute Gasteiger partial charge is 0.478 e. The summed E-state index contributed by atoms with van der Waals surface area (Å²) < 4.78 is 0. The van der Waals surface area contributed by atoms with Gasteiger partial charge in [-0.05, 0) is 57.4 Å². The molecule has 146 valence electrons. The van der Waals surface area contributed by atoms with Crippen molar-refractivity contribution >= 4 is 5.97 Å². The molecule has 0 spiro atoms. The van der Waals surface area contributed by atoms with Gasteiger partial charge in [0.1, 0.15) is 0 Å². The van der Waals surface area contributed by atoms with Gasteiger partial charge in [0.25, 0.3) is 0 Å². The quantitative estimate of drug-likeness (QED) is 0.688. The van der Waals surface area contributed by atoms with Crippen molar-refractivity contribution in [1.29, 1.82) is 0 Å². The number of carboxylic acids is 1. The van der Waals surface area contributed by atoms with Gasteiger partial charge in [-0.25, -0.2) is 4.79 Å². The normalized spacial score (nSPS) is 13.9. The average molecular weight is 370 g/mol. The van der Waals surface area contributed by atoms with Gasteiger partial charge < -0.3 is 10.2 Å². The first-order chi connectivity index (χ1) is 12.8. The second kappa shape index (κ2) is 9.67. The number of benzene rings is 2. The zero-order valence-electron chi connectivity index (χ0n) is 16.7. The van der Waals surface area contributed by atoms with Gasteiger partial charge in [0.2, 0.25) is 0 Å². The molecule has 4 heteroatoms. The summed E-state index contributed by atoms with van der Waals surface area (Å²) in [6.45, 7) is 8.64. The van der Waals surface area contributed by atoms with Crippen LogP contribution in [0.2, 0.25) is 0 Å². The van der Waals surface area contributed by atoms with Gasteiger partial charge in [0.15, 0.2) is 0 Å². The third kappa shape index (κ3) is 5.41. The second-order valence-electron chi connectivity index (χ2n) is 7.60. The summed E-state index contributed by atoms with van der Waals surface area (Å²) in [6.07, 6.45) is 0.722. The Kier molecular flexibility index (Phi) is 7.57. The lowest BCUT2D eigenvalue weighted by Crippen LogP contribution is -2.47. The first-order valence-electron chi connectivity index (χ1n) is 9.61. The van der Waals surface area contributed by atoms with E-state index in [2.05, 4.69) is 44.7 Å². The maximum absolute atomic E-state index is 11.4. The highest BCUT2D eigenvalue weighted by molar-refractivity contribution is 5.87. The molecule has 0 aliphatic carbocycles. The van der Waals surface area contributed by atoms with Gasteiger partial charge in [-0.1, -0.05) is 42.5 Å². The number of aromatic carboxylic acids is 1. The topological polar surface area (TPSA) is 60.8 Å². The fourth-order valence-corrected chi connectivity index (χ4v) is 4.04. The number of hydrogen-bond acceptors (Lipinski definition) is 3. The van der Waals surface area contributed by atoms with E-state index >= 15 is 0 Å². The van der Waals surface area contributed by atoms with E-state index in [1.807, 2.05) is 24.3 Å². The highest BCUT2D eigenvalue weighted by Gasteiger charge is 2.28. The van der Waals surface area contributed by atoms with E-state index in [9.17, 15) is 15.0 Å². The highest BCUT2D eigenvalue weighted by atomic mass is 16.4. The number of aliphatic hydroxyl groups excluding tert-OH is 1. The van der Waals surface area contributed by atoms with Crippen molar-refractivity contribution in [3.05, 3.63) is 71.3 Å². The lowest BCUT2D eigenvalue weighted by atomic mass is 9.84. The van der Waals surface area contributed by atoms with Crippen molar-refractivity contribution in [2.45, 2.75) is 58.2 Å². The Balaban J connectivity index is 2.44. The predicted octanol–water partition coefficient (Wildman–Crippen LogP) is 4.39. The monoisotopic (exact) mass is 369 g/mol. The van der Waals surface area contributed by atoms with Crippen LogP contribution in [0.5, 0.6) is 0 Å². The Bertz CT molecular complexity index is 719. The Labute approximate surface area is 162 Å². The summed E-state index contributed by atoms with van der Waals surface area (Å²) in [5, 5.41) is 19.5. The fourth-order valence-electron chi connectivity index (χ4n) is 4.04. The molecule has 27 heavy (non-hydrogen) atoms. The van der Waals surface area contributed by atoms with Crippen molar-refractivity contribution in [2.75, 3.05) is 6.61 Å². The van der Waals surface area contributed by atoms with Gasteiger partial charge in [-0.15, -0.1) is 0 Å². The summed E-state index contributed by atoms with van der Waals surface area (Å²) in [7, 11) is 0. The van der Waals surface area contributed by atoms with E-state index in [0.29, 0.717) is 17.6 Å². The summed E-state index contributed by atoms with van der Waals surface area (Å²) in [5.41, 5.74) is 2.39. The molecule has 0 aliphatic heterocycles. The first kappa shape index (κ1) is 21.1. The molecule has 0 saturated carbocycles. The number of hydrogen-bond donors (Lipinski definition) is 2. The van der Waals surface area contributed by atoms with Crippen LogP contribution in [-0.4, -0.2) is 45.8 Å². The molecule has 4 nitrogen and oxygen atoms in total. The van der Waals surface area contributed by atoms with Crippen LogP contribution in [0.1, 0.15) is 61.5 Å². The minimum atomic E-state index is -0.923. The fraction of sp³-hybridized carbons (Fsp3) is 0.435. The molecule has 0 heterocycles. The van der Waals surface area contributed by atoms with Gasteiger partial charge in [-0.3, -0.25) is 4.90 Å². The number of nitrogens with zero attached hydrogens (tertiary/aromatic N) is 1. The molecular weight excluding hydrogens is 338 g/mol. The molecule has 2 aromatic rings. The van der Waals surface area contributed by atoms with Crippen LogP contribution >= 0.6 is 0 Å². The zero-order valence-corrected chi connectivity index (χ0v) is 16.7. The summed E-state index contributed by atoms with van der Waals surface area (Å²) in [4.78, 5) is 13.8. The van der Waals surface area contributed by atoms with Crippen molar-refractivity contribution in [1.82, 2.24) is 4.90 Å². The van der Waals surface area contributed by atoms with Crippen LogP contribution in [0.25, 0.3) is 0 Å². The lowest BCUT2D eigenvalue weighted by molar-refractivity contribution is 0.0601. The van der Waals surface area contributed by atoms with E-state index < -0.39 is 5.97 Å². The standard InChI is InChI=1S/C23H31NO3/c1-16(2)24(17(3)4)21(15-25)14-22(18-9-6-5-7-10-18)19-11-8-12-20(13-19)23(26)27/h5-13,16-17,21-22,25H,14-15H2,1-4H3,(H,26,27). The molecule has 0 aliphatic rings. The van der Waals surface area contributed by atoms with Crippen LogP contribution in [0.15, 0.2) is 54.6 Å². The van der Waals surface area contributed by atoms with Crippen molar-refractivity contribution < 1.29 is 15.0 Å². The maximum Gasteiger partial charge on any atom is 0.335 e. The number of aliphatic hydroxyl groups is 1. The van der Waals surface area contributed by atoms with Crippen LogP contribution < -0.4 is 0 Å². The maximum atomic E-state index is 11.4. The molecule has 0 fully saturated rings. The van der Waals surface area contributed by atoms with Gasteiger partial charge in [-0.2, -0.15) is 0 Å². The summed E-state index contributed by atoms with van der Waals surface area (Å²) in [6, 6.07) is 17.9. The van der Waals surface area contributed by atoms with Crippen molar-refractivity contribution in [3.63, 3.8) is 0 Å². The molecule has 0 amide bonds. The molecule has 0 bridgehead atoms. The van der Waals surface area contributed by atoms with E-state index in [4.69, 9.17) is 0 Å². The molecule has 0 aromatic heterocycles. The van der Waals surface area contributed by atoms with E-state index in [1.54, 1.807) is 18.2 Å². The Hall–Kier alpha value is -2.17. The number of rotatable bonds is 9. The summed E-state index contributed by atoms with van der Waals surface area (Å²) in [5.74, 6) is -0.906. The molecular formula is C23H31NO3. The predicted molar refractivity (Wildman–Crippen MR) is 109 cm³/mol. The first-order valence-corrected chi connectivity index (χ1v) is 9.61. The summed E-state index contributed by atoms with van der Waals surface area (Å²) >= 11 is 0. The number of carboxylic acid groups (broad SMARTS) is 1. The third-order valence-electron chi connectivity index (χ3n) is 5.07. The van der Waals surface area contributed by atoms with Gasteiger partial charge in [0, 0.05) is 24.0 Å². The Morgan fingerprint density at radius 2 is 1.52 bits per heavy atom. The van der Waals surface area contributed by atoms with Crippen LogP contribution in [0.4, 0.5) is 0 Å². The Morgan fingerprint density at radius 1 is 0.926 bits per heavy atom. The molecule has 2 aromatic carbocycles. The Morgan fingerprint density at radius 3 is 2.04 bits per heavy atom. The highest BCUT2D eigenvalue weighted by Crippen LogP contribution is 2.32. The molecule has 2 rings (SSSR count). The van der Waals surface area contributed by atoms with E-state index in [0.717, 1.165) is 17.5 Å². The van der Waals surface area contributed by atoms with Crippen molar-refractivity contribution in [2.24, 2.45) is 0 Å². The lowest BCUT2D eigenvalue weighted by Gasteiger charge is -2.39. The second-order valence-corrected chi connectivity index (χ2v) is 7.60. The van der Waals surface area contributed by atoms with E-state index in [-0.39, 0.29) is 18.6 Å². The van der Waals surface area contributed by atoms with Crippen LogP contribution in [0, 0.1) is 0 Å². The molecule has 2 atom stereocenters. The minimum absolute atomic E-state index is 0.0105. The molecule has 2 unspecified atom stereocenters. The van der Waals surface area contributed by atoms with Gasteiger partial charge >= 0.3 is 5.97 Å². The van der Waals surface area contributed by atoms with E-state index in [1.165, 1.54) is 0 Å². The SMILES string of the molecule is CC(C)N(C(C)C)C(CO)CC(c1ccccc1)c1cccc(C(=O)O)c1. The number of carbonyl (C=O) groups is 1. The smallest absolute Gasteiger partial charge is 0.335 e. The van der Waals surface area contributed by atoms with Crippen LogP contribution in [-0.2, 0) is 0 Å².